The number of carboxylic acids is 1. The highest BCUT2D eigenvalue weighted by molar-refractivity contribution is 6.32. The Labute approximate surface area is 203 Å². The number of benzene rings is 1. The van der Waals surface area contributed by atoms with Gasteiger partial charge in [-0.05, 0) is 55.4 Å². The highest BCUT2D eigenvalue weighted by Gasteiger charge is 2.48. The van der Waals surface area contributed by atoms with Crippen LogP contribution in [0.2, 0.25) is 5.02 Å². The number of piperidine rings is 1. The molecule has 0 aromatic heterocycles. The quantitative estimate of drug-likeness (QED) is 0.578. The Balaban J connectivity index is 1.16. The summed E-state index contributed by atoms with van der Waals surface area (Å²) in [5.74, 6) is 0.423. The first-order chi connectivity index (χ1) is 15.9. The van der Waals surface area contributed by atoms with Gasteiger partial charge in [0.25, 0.3) is 0 Å². The lowest BCUT2D eigenvalue weighted by atomic mass is 9.95. The molecule has 2 amide bonds. The molecule has 3 fully saturated rings. The van der Waals surface area contributed by atoms with Gasteiger partial charge in [-0.15, -0.1) is 0 Å². The smallest absolute Gasteiger partial charge is 0.318 e. The van der Waals surface area contributed by atoms with Gasteiger partial charge in [0.05, 0.1) is 11.4 Å². The van der Waals surface area contributed by atoms with Gasteiger partial charge in [-0.2, -0.15) is 0 Å². The molecule has 2 unspecified atom stereocenters. The molecule has 0 spiro atoms. The van der Waals surface area contributed by atoms with Crippen LogP contribution in [0.5, 0.6) is 5.75 Å². The largest absolute Gasteiger partial charge is 0.489 e. The van der Waals surface area contributed by atoms with Crippen molar-refractivity contribution in [1.29, 1.82) is 0 Å². The van der Waals surface area contributed by atoms with E-state index in [1.54, 1.807) is 18.2 Å². The summed E-state index contributed by atoms with van der Waals surface area (Å²) < 4.78 is 6.19. The number of carbonyl (C=O) groups excluding carboxylic acids is 1. The number of nitrogens with one attached hydrogen (secondary N) is 1. The number of amides is 2. The third kappa shape index (κ3) is 4.87. The molecule has 1 aromatic rings. The molecule has 2 heterocycles. The molecule has 2 N–H and O–H groups in total. The van der Waals surface area contributed by atoms with E-state index < -0.39 is 5.97 Å². The van der Waals surface area contributed by atoms with Gasteiger partial charge in [0.1, 0.15) is 11.9 Å². The Kier molecular flexibility index (Phi) is 6.32. The molecule has 6 atom stereocenters. The van der Waals surface area contributed by atoms with Crippen molar-refractivity contribution in [2.75, 3.05) is 0 Å². The molecule has 4 aliphatic rings. The van der Waals surface area contributed by atoms with Gasteiger partial charge in [-0.1, -0.05) is 41.4 Å². The molecular formula is C25H28Cl2N2O4. The summed E-state index contributed by atoms with van der Waals surface area (Å²) in [5, 5.41) is 13.5. The van der Waals surface area contributed by atoms with E-state index in [0.717, 1.165) is 43.6 Å². The van der Waals surface area contributed by atoms with E-state index in [1.165, 1.54) is 0 Å². The predicted molar refractivity (Wildman–Crippen MR) is 127 cm³/mol. The van der Waals surface area contributed by atoms with Crippen LogP contribution in [-0.4, -0.2) is 46.2 Å². The lowest BCUT2D eigenvalue weighted by Crippen LogP contribution is -2.53. The number of hydrogen-bond acceptors (Lipinski definition) is 3. The van der Waals surface area contributed by atoms with Crippen molar-refractivity contribution in [3.05, 3.63) is 52.0 Å². The van der Waals surface area contributed by atoms with Crippen molar-refractivity contribution in [2.45, 2.75) is 69.2 Å². The zero-order valence-electron chi connectivity index (χ0n) is 18.3. The molecule has 1 saturated carbocycles. The van der Waals surface area contributed by atoms with E-state index in [4.69, 9.17) is 33.0 Å². The standard InChI is InChI=1S/C25H28Cl2N2O4/c26-20-4-2-1-3-18(20)19-13-22(19)28-25(32)29-15-6-7-16(29)12-17(11-15)33-23-8-5-14(9-21(23)27)10-24(30)31/h1-2,4-5,8-9,15-19,22H,3,6-7,10-13H2,(H,28,32)(H,30,31)/t15-,16+,17?,18?,19-,22+/m1/s1. The van der Waals surface area contributed by atoms with Gasteiger partial charge in [0.2, 0.25) is 0 Å². The number of aliphatic carboxylic acids is 1. The summed E-state index contributed by atoms with van der Waals surface area (Å²) >= 11 is 12.7. The van der Waals surface area contributed by atoms with E-state index >= 15 is 0 Å². The average molecular weight is 491 g/mol. The summed E-state index contributed by atoms with van der Waals surface area (Å²) in [4.78, 5) is 26.0. The second-order valence-electron chi connectivity index (χ2n) is 9.62. The summed E-state index contributed by atoms with van der Waals surface area (Å²) in [6, 6.07) is 5.70. The van der Waals surface area contributed by atoms with Crippen molar-refractivity contribution in [2.24, 2.45) is 11.8 Å². The van der Waals surface area contributed by atoms with Gasteiger partial charge >= 0.3 is 12.0 Å². The lowest BCUT2D eigenvalue weighted by Gasteiger charge is -2.39. The van der Waals surface area contributed by atoms with E-state index in [-0.39, 0.29) is 36.7 Å². The van der Waals surface area contributed by atoms with Crippen molar-refractivity contribution in [1.82, 2.24) is 10.2 Å². The van der Waals surface area contributed by atoms with E-state index in [2.05, 4.69) is 11.4 Å². The zero-order valence-corrected chi connectivity index (χ0v) is 19.8. The molecule has 2 aliphatic heterocycles. The summed E-state index contributed by atoms with van der Waals surface area (Å²) in [6.07, 6.45) is 11.5. The summed E-state index contributed by atoms with van der Waals surface area (Å²) in [6.45, 7) is 0. The van der Waals surface area contributed by atoms with Gasteiger partial charge in [0.15, 0.2) is 0 Å². The number of fused-ring (bicyclic) bond motifs is 2. The summed E-state index contributed by atoms with van der Waals surface area (Å²) in [7, 11) is 0. The molecule has 176 valence electrons. The molecule has 8 heteroatoms. The van der Waals surface area contributed by atoms with Gasteiger partial charge in [-0.3, -0.25) is 4.79 Å². The van der Waals surface area contributed by atoms with Crippen LogP contribution < -0.4 is 10.1 Å². The van der Waals surface area contributed by atoms with E-state index in [0.29, 0.717) is 28.2 Å². The summed E-state index contributed by atoms with van der Waals surface area (Å²) in [5.41, 5.74) is 0.644. The molecule has 2 saturated heterocycles. The van der Waals surface area contributed by atoms with Crippen molar-refractivity contribution in [3.63, 3.8) is 0 Å². The van der Waals surface area contributed by atoms with Gasteiger partial charge < -0.3 is 20.1 Å². The maximum atomic E-state index is 13.1. The Morgan fingerprint density at radius 2 is 1.91 bits per heavy atom. The van der Waals surface area contributed by atoms with Gasteiger partial charge in [0, 0.05) is 41.9 Å². The monoisotopic (exact) mass is 490 g/mol. The number of allylic oxidation sites excluding steroid dienone is 4. The Morgan fingerprint density at radius 1 is 1.15 bits per heavy atom. The SMILES string of the molecule is O=C(O)Cc1ccc(OC2C[C@H]3CC[C@@H](C2)N3C(=O)N[C@H]2C[C@@H]2C2CC=CC=C2Cl)c(Cl)c1. The molecule has 6 nitrogen and oxygen atoms in total. The lowest BCUT2D eigenvalue weighted by molar-refractivity contribution is -0.136. The highest BCUT2D eigenvalue weighted by atomic mass is 35.5. The Bertz CT molecular complexity index is 996. The Hall–Kier alpha value is -2.18. The molecule has 0 radical (unpaired) electrons. The van der Waals surface area contributed by atoms with Crippen molar-refractivity contribution >= 4 is 35.2 Å². The number of rotatable bonds is 6. The minimum absolute atomic E-state index is 0.0129. The fourth-order valence-electron chi connectivity index (χ4n) is 5.72. The van der Waals surface area contributed by atoms with E-state index in [9.17, 15) is 9.59 Å². The number of carbonyl (C=O) groups is 2. The maximum absolute atomic E-state index is 13.1. The average Bonchev–Trinajstić information content (AvgIpc) is 3.46. The van der Waals surface area contributed by atoms with E-state index in [1.807, 2.05) is 17.1 Å². The third-order valence-corrected chi connectivity index (χ3v) is 8.07. The Morgan fingerprint density at radius 3 is 2.58 bits per heavy atom. The number of nitrogens with zero attached hydrogens (tertiary/aromatic N) is 1. The molecule has 2 aliphatic carbocycles. The number of hydrogen-bond donors (Lipinski definition) is 2. The first-order valence-electron chi connectivity index (χ1n) is 11.7. The number of urea groups is 1. The molecule has 1 aromatic carbocycles. The van der Waals surface area contributed by atoms with Crippen LogP contribution in [0.1, 0.15) is 44.1 Å². The number of ether oxygens (including phenoxy) is 1. The normalized spacial score (nSPS) is 32.3. The second-order valence-corrected chi connectivity index (χ2v) is 10.5. The minimum Gasteiger partial charge on any atom is -0.489 e. The first kappa shape index (κ1) is 22.6. The second kappa shape index (κ2) is 9.22. The molecule has 33 heavy (non-hydrogen) atoms. The highest BCUT2D eigenvalue weighted by Crippen LogP contribution is 2.46. The third-order valence-electron chi connectivity index (χ3n) is 7.37. The van der Waals surface area contributed by atoms with Crippen LogP contribution in [-0.2, 0) is 11.2 Å². The fourth-order valence-corrected chi connectivity index (χ4v) is 6.29. The minimum atomic E-state index is -0.894. The fraction of sp³-hybridized carbons (Fsp3) is 0.520. The van der Waals surface area contributed by atoms with Crippen LogP contribution in [0.3, 0.4) is 0 Å². The zero-order chi connectivity index (χ0) is 23.1. The maximum Gasteiger partial charge on any atom is 0.318 e. The van der Waals surface area contributed by atoms with Gasteiger partial charge in [-0.25, -0.2) is 4.79 Å². The number of carboxylic acid groups (broad SMARTS) is 1. The predicted octanol–water partition coefficient (Wildman–Crippen LogP) is 5.14. The van der Waals surface area contributed by atoms with Crippen LogP contribution in [0.15, 0.2) is 41.5 Å². The molecule has 5 rings (SSSR count). The van der Waals surface area contributed by atoms with Crippen molar-refractivity contribution < 1.29 is 19.4 Å². The van der Waals surface area contributed by atoms with Crippen LogP contribution in [0, 0.1) is 11.8 Å². The van der Waals surface area contributed by atoms with Crippen molar-refractivity contribution in [3.8, 4) is 5.75 Å². The van der Waals surface area contributed by atoms with Crippen LogP contribution in [0.25, 0.3) is 0 Å². The van der Waals surface area contributed by atoms with Crippen LogP contribution >= 0.6 is 23.2 Å². The molecular weight excluding hydrogens is 463 g/mol. The van der Waals surface area contributed by atoms with Crippen LogP contribution in [0.4, 0.5) is 4.79 Å². The molecule has 2 bridgehead atoms. The number of halogens is 2. The first-order valence-corrected chi connectivity index (χ1v) is 12.4. The topological polar surface area (TPSA) is 78.9 Å².